The molecule has 7 nitrogen and oxygen atoms in total. The van der Waals surface area contributed by atoms with Crippen molar-refractivity contribution in [2.24, 2.45) is 0 Å². The van der Waals surface area contributed by atoms with Gasteiger partial charge in [0.2, 0.25) is 11.8 Å². The zero-order chi connectivity index (χ0) is 12.4. The fourth-order valence-corrected chi connectivity index (χ4v) is 1.80. The lowest BCUT2D eigenvalue weighted by Gasteiger charge is -2.13. The fraction of sp³-hybridized carbons (Fsp3) is 0.500. The van der Waals surface area contributed by atoms with Crippen molar-refractivity contribution in [1.82, 2.24) is 19.5 Å². The van der Waals surface area contributed by atoms with E-state index in [1.807, 2.05) is 11.5 Å². The molecule has 0 saturated carbocycles. The summed E-state index contributed by atoms with van der Waals surface area (Å²) in [6, 6.07) is 0.0459. The summed E-state index contributed by atoms with van der Waals surface area (Å²) in [5.41, 5.74) is 7.10. The number of fused-ring (bicyclic) bond motifs is 1. The van der Waals surface area contributed by atoms with Crippen molar-refractivity contribution in [2.45, 2.75) is 13.0 Å². The van der Waals surface area contributed by atoms with Gasteiger partial charge in [-0.25, -0.2) is 9.97 Å². The molecule has 1 atom stereocenters. The van der Waals surface area contributed by atoms with E-state index in [9.17, 15) is 0 Å². The van der Waals surface area contributed by atoms with Crippen LogP contribution < -0.4 is 10.5 Å². The molecule has 0 amide bonds. The quantitative estimate of drug-likeness (QED) is 0.838. The number of anilines is 1. The Morgan fingerprint density at radius 2 is 2.18 bits per heavy atom. The predicted molar refractivity (Wildman–Crippen MR) is 62.9 cm³/mol. The number of hydrogen-bond donors (Lipinski definition) is 1. The lowest BCUT2D eigenvalue weighted by Crippen LogP contribution is -2.14. The van der Waals surface area contributed by atoms with Gasteiger partial charge in [0, 0.05) is 7.11 Å². The highest BCUT2D eigenvalue weighted by Crippen LogP contribution is 2.25. The van der Waals surface area contributed by atoms with E-state index in [0.717, 1.165) is 0 Å². The third-order valence-corrected chi connectivity index (χ3v) is 2.51. The largest absolute Gasteiger partial charge is 0.479 e. The van der Waals surface area contributed by atoms with Gasteiger partial charge in [0.15, 0.2) is 11.2 Å². The van der Waals surface area contributed by atoms with Gasteiger partial charge in [0.1, 0.15) is 6.33 Å². The molecule has 0 fully saturated rings. The molecule has 0 spiro atoms. The van der Waals surface area contributed by atoms with Crippen LogP contribution in [0.25, 0.3) is 11.2 Å². The van der Waals surface area contributed by atoms with Gasteiger partial charge in [0.05, 0.1) is 19.8 Å². The van der Waals surface area contributed by atoms with Crippen molar-refractivity contribution >= 4 is 17.1 Å². The summed E-state index contributed by atoms with van der Waals surface area (Å²) in [6.45, 7) is 2.51. The van der Waals surface area contributed by atoms with Crippen molar-refractivity contribution in [3.63, 3.8) is 0 Å². The number of nitrogen functional groups attached to an aromatic ring is 1. The first-order valence-corrected chi connectivity index (χ1v) is 5.20. The summed E-state index contributed by atoms with van der Waals surface area (Å²) < 4.78 is 12.0. The van der Waals surface area contributed by atoms with E-state index in [1.54, 1.807) is 7.11 Å². The molecule has 0 saturated heterocycles. The number of methoxy groups -OCH3 is 2. The molecule has 17 heavy (non-hydrogen) atoms. The number of rotatable bonds is 4. The minimum absolute atomic E-state index is 0.0459. The highest BCUT2D eigenvalue weighted by atomic mass is 16.5. The molecule has 2 aromatic heterocycles. The van der Waals surface area contributed by atoms with Crippen molar-refractivity contribution < 1.29 is 9.47 Å². The molecule has 0 bridgehead atoms. The Labute approximate surface area is 98.6 Å². The molecule has 0 aromatic carbocycles. The minimum atomic E-state index is 0.0459. The van der Waals surface area contributed by atoms with E-state index in [4.69, 9.17) is 15.2 Å². The van der Waals surface area contributed by atoms with Gasteiger partial charge in [0.25, 0.3) is 0 Å². The highest BCUT2D eigenvalue weighted by Gasteiger charge is 2.18. The summed E-state index contributed by atoms with van der Waals surface area (Å²) in [7, 11) is 3.18. The Morgan fingerprint density at radius 3 is 2.82 bits per heavy atom. The van der Waals surface area contributed by atoms with Crippen LogP contribution in [0.5, 0.6) is 5.88 Å². The SMILES string of the molecule is COCC(C)n1c(N)nc2c(OC)ncnc21. The van der Waals surface area contributed by atoms with Gasteiger partial charge < -0.3 is 15.2 Å². The average molecular weight is 237 g/mol. The number of aromatic nitrogens is 4. The van der Waals surface area contributed by atoms with Crippen molar-refractivity contribution in [3.05, 3.63) is 6.33 Å². The topological polar surface area (TPSA) is 88.1 Å². The van der Waals surface area contributed by atoms with Gasteiger partial charge >= 0.3 is 0 Å². The molecule has 0 aliphatic carbocycles. The van der Waals surface area contributed by atoms with Crippen LogP contribution in [-0.2, 0) is 4.74 Å². The summed E-state index contributed by atoms with van der Waals surface area (Å²) in [6.07, 6.45) is 1.43. The number of ether oxygens (including phenoxy) is 2. The summed E-state index contributed by atoms with van der Waals surface area (Å²) in [5, 5.41) is 0. The first-order chi connectivity index (χ1) is 8.19. The molecule has 1 unspecified atom stereocenters. The number of nitrogens with zero attached hydrogens (tertiary/aromatic N) is 4. The number of hydrogen-bond acceptors (Lipinski definition) is 6. The molecule has 0 aliphatic rings. The molecule has 2 heterocycles. The molecule has 2 rings (SSSR count). The van der Waals surface area contributed by atoms with E-state index in [2.05, 4.69) is 15.0 Å². The molecule has 2 aromatic rings. The molecule has 0 radical (unpaired) electrons. The van der Waals surface area contributed by atoms with Gasteiger partial charge in [-0.2, -0.15) is 4.98 Å². The van der Waals surface area contributed by atoms with Crippen LogP contribution in [0.15, 0.2) is 6.33 Å². The fourth-order valence-electron chi connectivity index (χ4n) is 1.80. The molecule has 92 valence electrons. The molecule has 0 aliphatic heterocycles. The van der Waals surface area contributed by atoms with Gasteiger partial charge in [-0.05, 0) is 6.92 Å². The van der Waals surface area contributed by atoms with Crippen LogP contribution in [0.2, 0.25) is 0 Å². The third-order valence-electron chi connectivity index (χ3n) is 2.51. The first-order valence-electron chi connectivity index (χ1n) is 5.20. The second kappa shape index (κ2) is 4.54. The Balaban J connectivity index is 2.59. The van der Waals surface area contributed by atoms with Gasteiger partial charge in [-0.3, -0.25) is 4.57 Å². The molecule has 2 N–H and O–H groups in total. The maximum Gasteiger partial charge on any atom is 0.245 e. The number of imidazole rings is 1. The summed E-state index contributed by atoms with van der Waals surface area (Å²) in [5.74, 6) is 0.799. The smallest absolute Gasteiger partial charge is 0.245 e. The zero-order valence-electron chi connectivity index (χ0n) is 10.0. The Morgan fingerprint density at radius 1 is 1.41 bits per heavy atom. The third kappa shape index (κ3) is 1.89. The van der Waals surface area contributed by atoms with Crippen molar-refractivity contribution in [3.8, 4) is 5.88 Å². The first kappa shape index (κ1) is 11.6. The summed E-state index contributed by atoms with van der Waals surface area (Å²) in [4.78, 5) is 12.4. The normalized spacial score (nSPS) is 12.9. The highest BCUT2D eigenvalue weighted by molar-refractivity contribution is 5.79. The summed E-state index contributed by atoms with van der Waals surface area (Å²) >= 11 is 0. The average Bonchev–Trinajstić information content (AvgIpc) is 2.65. The van der Waals surface area contributed by atoms with Crippen LogP contribution in [0.1, 0.15) is 13.0 Å². The number of nitrogens with two attached hydrogens (primary N) is 1. The van der Waals surface area contributed by atoms with Gasteiger partial charge in [-0.15, -0.1) is 0 Å². The van der Waals surface area contributed by atoms with E-state index in [0.29, 0.717) is 29.6 Å². The lowest BCUT2D eigenvalue weighted by atomic mass is 10.3. The van der Waals surface area contributed by atoms with E-state index < -0.39 is 0 Å². The Kier molecular flexibility index (Phi) is 3.10. The van der Waals surface area contributed by atoms with Gasteiger partial charge in [-0.1, -0.05) is 0 Å². The Hall–Kier alpha value is -1.89. The van der Waals surface area contributed by atoms with Crippen LogP contribution in [0, 0.1) is 0 Å². The van der Waals surface area contributed by atoms with Crippen molar-refractivity contribution in [1.29, 1.82) is 0 Å². The Bertz CT molecular complexity index is 525. The van der Waals surface area contributed by atoms with E-state index in [-0.39, 0.29) is 6.04 Å². The molecule has 7 heteroatoms. The van der Waals surface area contributed by atoms with Crippen LogP contribution in [-0.4, -0.2) is 40.3 Å². The van der Waals surface area contributed by atoms with E-state index in [1.165, 1.54) is 13.4 Å². The van der Waals surface area contributed by atoms with Crippen LogP contribution >= 0.6 is 0 Å². The van der Waals surface area contributed by atoms with Crippen LogP contribution in [0.4, 0.5) is 5.95 Å². The second-order valence-corrected chi connectivity index (χ2v) is 3.70. The van der Waals surface area contributed by atoms with Crippen molar-refractivity contribution in [2.75, 3.05) is 26.6 Å². The monoisotopic (exact) mass is 237 g/mol. The van der Waals surface area contributed by atoms with E-state index >= 15 is 0 Å². The molecular weight excluding hydrogens is 222 g/mol. The maximum absolute atomic E-state index is 5.88. The lowest BCUT2D eigenvalue weighted by molar-refractivity contribution is 0.164. The predicted octanol–water partition coefficient (Wildman–Crippen LogP) is 0.624. The minimum Gasteiger partial charge on any atom is -0.479 e. The van der Waals surface area contributed by atoms with Crippen LogP contribution in [0.3, 0.4) is 0 Å². The maximum atomic E-state index is 5.88. The molecular formula is C10H15N5O2. The standard InChI is InChI=1S/C10H15N5O2/c1-6(4-16-2)15-8-7(14-10(15)11)9(17-3)13-5-12-8/h5-6H,4H2,1-3H3,(H2,11,14). The second-order valence-electron chi connectivity index (χ2n) is 3.70. The zero-order valence-corrected chi connectivity index (χ0v) is 10.0.